The molecule has 2 amide bonds. The second kappa shape index (κ2) is 4.81. The van der Waals surface area contributed by atoms with Crippen LogP contribution in [-0.4, -0.2) is 66.3 Å². The van der Waals surface area contributed by atoms with Crippen LogP contribution in [0.5, 0.6) is 0 Å². The van der Waals surface area contributed by atoms with Crippen molar-refractivity contribution < 1.29 is 9.90 Å². The molecule has 0 saturated carbocycles. The van der Waals surface area contributed by atoms with Crippen molar-refractivity contribution in [3.8, 4) is 0 Å². The number of hydrogen-bond donors (Lipinski definition) is 2. The Hall–Kier alpha value is -0.810. The molecule has 88 valence electrons. The summed E-state index contributed by atoms with van der Waals surface area (Å²) in [6, 6.07) is -0.0158. The van der Waals surface area contributed by atoms with Crippen LogP contribution in [0.3, 0.4) is 0 Å². The SMILES string of the molecule is CNC(=O)N1CCN(CC(C)(C)O)CC1. The summed E-state index contributed by atoms with van der Waals surface area (Å²) in [5, 5.41) is 12.3. The molecule has 0 unspecified atom stereocenters. The number of hydrogen-bond acceptors (Lipinski definition) is 3. The van der Waals surface area contributed by atoms with E-state index in [2.05, 4.69) is 10.2 Å². The van der Waals surface area contributed by atoms with Crippen LogP contribution in [0.25, 0.3) is 0 Å². The van der Waals surface area contributed by atoms with Gasteiger partial charge in [-0.3, -0.25) is 4.90 Å². The average Bonchev–Trinajstić information content (AvgIpc) is 2.15. The number of nitrogens with one attached hydrogen (secondary N) is 1. The second-order valence-electron chi connectivity index (χ2n) is 4.63. The molecule has 5 heteroatoms. The van der Waals surface area contributed by atoms with Crippen LogP contribution in [0.15, 0.2) is 0 Å². The molecule has 1 aliphatic heterocycles. The summed E-state index contributed by atoms with van der Waals surface area (Å²) in [7, 11) is 1.64. The van der Waals surface area contributed by atoms with Gasteiger partial charge in [-0.15, -0.1) is 0 Å². The fourth-order valence-corrected chi connectivity index (χ4v) is 1.81. The summed E-state index contributed by atoms with van der Waals surface area (Å²) in [6.07, 6.45) is 0. The maximum Gasteiger partial charge on any atom is 0.317 e. The molecule has 0 bridgehead atoms. The Bertz CT molecular complexity index is 217. The molecule has 1 fully saturated rings. The molecular formula is C10H21N3O2. The molecule has 1 saturated heterocycles. The van der Waals surface area contributed by atoms with E-state index in [0.29, 0.717) is 6.54 Å². The summed E-state index contributed by atoms with van der Waals surface area (Å²) >= 11 is 0. The van der Waals surface area contributed by atoms with Gasteiger partial charge >= 0.3 is 6.03 Å². The summed E-state index contributed by atoms with van der Waals surface area (Å²) in [6.45, 7) is 7.39. The number of nitrogens with zero attached hydrogens (tertiary/aromatic N) is 2. The van der Waals surface area contributed by atoms with E-state index in [4.69, 9.17) is 0 Å². The van der Waals surface area contributed by atoms with Gasteiger partial charge in [0.05, 0.1) is 5.60 Å². The van der Waals surface area contributed by atoms with Crippen LogP contribution < -0.4 is 5.32 Å². The van der Waals surface area contributed by atoms with E-state index in [1.54, 1.807) is 25.8 Å². The van der Waals surface area contributed by atoms with E-state index < -0.39 is 5.60 Å². The second-order valence-corrected chi connectivity index (χ2v) is 4.63. The lowest BCUT2D eigenvalue weighted by Gasteiger charge is -2.37. The van der Waals surface area contributed by atoms with Crippen molar-refractivity contribution in [3.63, 3.8) is 0 Å². The summed E-state index contributed by atoms with van der Waals surface area (Å²) < 4.78 is 0. The predicted molar refractivity (Wildman–Crippen MR) is 58.8 cm³/mol. The molecule has 0 atom stereocenters. The third kappa shape index (κ3) is 4.05. The van der Waals surface area contributed by atoms with E-state index in [-0.39, 0.29) is 6.03 Å². The number of carbonyl (C=O) groups is 1. The topological polar surface area (TPSA) is 55.8 Å². The number of aliphatic hydroxyl groups is 1. The van der Waals surface area contributed by atoms with Gasteiger partial charge in [0, 0.05) is 39.8 Å². The molecule has 1 aliphatic rings. The molecule has 0 radical (unpaired) electrons. The van der Waals surface area contributed by atoms with E-state index >= 15 is 0 Å². The van der Waals surface area contributed by atoms with Crippen molar-refractivity contribution in [2.45, 2.75) is 19.4 Å². The van der Waals surface area contributed by atoms with E-state index in [1.165, 1.54) is 0 Å². The molecule has 0 aromatic rings. The van der Waals surface area contributed by atoms with Gasteiger partial charge in [-0.2, -0.15) is 0 Å². The number of β-amino-alcohol motifs (C(OH)–C–C–N with tert-alkyl or cyclic N) is 1. The smallest absolute Gasteiger partial charge is 0.317 e. The lowest BCUT2D eigenvalue weighted by molar-refractivity contribution is 0.0226. The van der Waals surface area contributed by atoms with Gasteiger partial charge in [-0.25, -0.2) is 4.79 Å². The lowest BCUT2D eigenvalue weighted by Crippen LogP contribution is -2.53. The molecule has 0 aromatic heterocycles. The van der Waals surface area contributed by atoms with Gasteiger partial charge in [-0.1, -0.05) is 0 Å². The standard InChI is InChI=1S/C10H21N3O2/c1-10(2,15)8-12-4-6-13(7-5-12)9(14)11-3/h15H,4-8H2,1-3H3,(H,11,14). The Balaban J connectivity index is 2.33. The normalized spacial score (nSPS) is 19.1. The Labute approximate surface area is 91.0 Å². The highest BCUT2D eigenvalue weighted by Gasteiger charge is 2.24. The minimum atomic E-state index is -0.658. The first kappa shape index (κ1) is 12.3. The summed E-state index contributed by atoms with van der Waals surface area (Å²) in [4.78, 5) is 15.3. The zero-order valence-corrected chi connectivity index (χ0v) is 9.79. The summed E-state index contributed by atoms with van der Waals surface area (Å²) in [5.41, 5.74) is -0.658. The Kier molecular flexibility index (Phi) is 3.93. The van der Waals surface area contributed by atoms with Crippen LogP contribution in [0.4, 0.5) is 4.79 Å². The van der Waals surface area contributed by atoms with Crippen LogP contribution in [0.2, 0.25) is 0 Å². The average molecular weight is 215 g/mol. The quantitative estimate of drug-likeness (QED) is 0.666. The molecule has 2 N–H and O–H groups in total. The minimum Gasteiger partial charge on any atom is -0.389 e. The molecule has 5 nitrogen and oxygen atoms in total. The molecule has 1 heterocycles. The fraction of sp³-hybridized carbons (Fsp3) is 0.900. The molecular weight excluding hydrogens is 194 g/mol. The third-order valence-electron chi connectivity index (χ3n) is 2.48. The Morgan fingerprint density at radius 2 is 1.87 bits per heavy atom. The van der Waals surface area contributed by atoms with Crippen molar-refractivity contribution >= 4 is 6.03 Å². The molecule has 0 aromatic carbocycles. The van der Waals surface area contributed by atoms with Crippen LogP contribution in [0, 0.1) is 0 Å². The maximum absolute atomic E-state index is 11.3. The highest BCUT2D eigenvalue weighted by atomic mass is 16.3. The number of carbonyl (C=O) groups excluding carboxylic acids is 1. The molecule has 15 heavy (non-hydrogen) atoms. The zero-order chi connectivity index (χ0) is 11.5. The predicted octanol–water partition coefficient (Wildman–Crippen LogP) is -0.286. The zero-order valence-electron chi connectivity index (χ0n) is 9.79. The monoisotopic (exact) mass is 215 g/mol. The number of piperazine rings is 1. The van der Waals surface area contributed by atoms with Gasteiger partial charge in [0.2, 0.25) is 0 Å². The van der Waals surface area contributed by atoms with E-state index in [9.17, 15) is 9.90 Å². The van der Waals surface area contributed by atoms with Gasteiger partial charge in [0.1, 0.15) is 0 Å². The van der Waals surface area contributed by atoms with Crippen molar-refractivity contribution in [2.24, 2.45) is 0 Å². The van der Waals surface area contributed by atoms with Crippen molar-refractivity contribution in [2.75, 3.05) is 39.8 Å². The van der Waals surface area contributed by atoms with Crippen molar-refractivity contribution in [1.29, 1.82) is 0 Å². The first-order valence-corrected chi connectivity index (χ1v) is 5.34. The van der Waals surface area contributed by atoms with E-state index in [1.807, 2.05) is 0 Å². The fourth-order valence-electron chi connectivity index (χ4n) is 1.81. The molecule has 0 spiro atoms. The molecule has 0 aliphatic carbocycles. The summed E-state index contributed by atoms with van der Waals surface area (Å²) in [5.74, 6) is 0. The number of rotatable bonds is 2. The van der Waals surface area contributed by atoms with Crippen LogP contribution in [-0.2, 0) is 0 Å². The first-order chi connectivity index (χ1) is 6.92. The van der Waals surface area contributed by atoms with Crippen LogP contribution in [0.1, 0.15) is 13.8 Å². The highest BCUT2D eigenvalue weighted by molar-refractivity contribution is 5.73. The highest BCUT2D eigenvalue weighted by Crippen LogP contribution is 2.08. The number of urea groups is 1. The van der Waals surface area contributed by atoms with Crippen molar-refractivity contribution in [3.05, 3.63) is 0 Å². The first-order valence-electron chi connectivity index (χ1n) is 5.34. The van der Waals surface area contributed by atoms with Crippen LogP contribution >= 0.6 is 0 Å². The Morgan fingerprint density at radius 3 is 2.27 bits per heavy atom. The van der Waals surface area contributed by atoms with E-state index in [0.717, 1.165) is 26.2 Å². The maximum atomic E-state index is 11.3. The van der Waals surface area contributed by atoms with Crippen molar-refractivity contribution in [1.82, 2.24) is 15.1 Å². The van der Waals surface area contributed by atoms with Gasteiger partial charge < -0.3 is 15.3 Å². The van der Waals surface area contributed by atoms with Gasteiger partial charge in [0.25, 0.3) is 0 Å². The van der Waals surface area contributed by atoms with Gasteiger partial charge in [0.15, 0.2) is 0 Å². The Morgan fingerprint density at radius 1 is 1.33 bits per heavy atom. The minimum absolute atomic E-state index is 0.0158. The number of amides is 2. The third-order valence-corrected chi connectivity index (χ3v) is 2.48. The van der Waals surface area contributed by atoms with Gasteiger partial charge in [-0.05, 0) is 13.8 Å². The molecule has 1 rings (SSSR count). The lowest BCUT2D eigenvalue weighted by atomic mass is 10.1. The largest absolute Gasteiger partial charge is 0.389 e.